The van der Waals surface area contributed by atoms with E-state index >= 15 is 0 Å². The molecule has 1 aromatic carbocycles. The maximum atomic E-state index is 13.2. The molecule has 238 valence electrons. The SMILES string of the molecule is CCCN(CCC)C(=O)CCCN1c2cc3oc(=O)c(-c4cc[n+](CCCCS(=O)(=O)O)cc4)cc3cc2C(C)=CC1(C)C. The molecule has 1 aliphatic rings. The minimum atomic E-state index is -3.95. The number of allylic oxidation sites excluding steroid dienone is 1. The molecule has 0 atom stereocenters. The van der Waals surface area contributed by atoms with Crippen LogP contribution in [0.4, 0.5) is 5.69 Å². The van der Waals surface area contributed by atoms with Crippen molar-refractivity contribution < 1.29 is 26.7 Å². The Labute approximate surface area is 260 Å². The number of fused-ring (bicyclic) bond motifs is 2. The number of unbranched alkanes of at least 4 members (excludes halogenated alkanes) is 1. The van der Waals surface area contributed by atoms with Crippen LogP contribution in [0.25, 0.3) is 27.7 Å². The summed E-state index contributed by atoms with van der Waals surface area (Å²) in [5, 5.41) is 0.831. The zero-order valence-electron chi connectivity index (χ0n) is 26.6. The van der Waals surface area contributed by atoms with Gasteiger partial charge in [0, 0.05) is 72.9 Å². The molecule has 9 nitrogen and oxygen atoms in total. The smallest absolute Gasteiger partial charge is 0.344 e. The molecule has 0 radical (unpaired) electrons. The van der Waals surface area contributed by atoms with Crippen LogP contribution in [-0.4, -0.2) is 54.7 Å². The monoisotopic (exact) mass is 624 g/mol. The van der Waals surface area contributed by atoms with E-state index in [1.54, 1.807) is 0 Å². The predicted octanol–water partition coefficient (Wildman–Crippen LogP) is 5.85. The van der Waals surface area contributed by atoms with Gasteiger partial charge in [-0.25, -0.2) is 9.36 Å². The summed E-state index contributed by atoms with van der Waals surface area (Å²) >= 11 is 0. The van der Waals surface area contributed by atoms with E-state index in [4.69, 9.17) is 8.97 Å². The molecular formula is C34H46N3O6S+. The Bertz CT molecular complexity index is 1670. The lowest BCUT2D eigenvalue weighted by Gasteiger charge is -2.43. The lowest BCUT2D eigenvalue weighted by Crippen LogP contribution is -2.46. The summed E-state index contributed by atoms with van der Waals surface area (Å²) in [5.41, 5.74) is 4.25. The van der Waals surface area contributed by atoms with Gasteiger partial charge in [-0.3, -0.25) is 9.35 Å². The summed E-state index contributed by atoms with van der Waals surface area (Å²) < 4.78 is 38.5. The Kier molecular flexibility index (Phi) is 10.7. The quantitative estimate of drug-likeness (QED) is 0.104. The highest BCUT2D eigenvalue weighted by Crippen LogP contribution is 2.41. The van der Waals surface area contributed by atoms with E-state index in [9.17, 15) is 18.0 Å². The fourth-order valence-corrected chi connectivity index (χ4v) is 6.68. The number of anilines is 1. The van der Waals surface area contributed by atoms with Crippen molar-refractivity contribution in [1.29, 1.82) is 0 Å². The van der Waals surface area contributed by atoms with Crippen LogP contribution in [0.1, 0.15) is 78.7 Å². The second-order valence-corrected chi connectivity index (χ2v) is 13.9. The number of rotatable bonds is 14. The van der Waals surface area contributed by atoms with Crippen molar-refractivity contribution in [2.24, 2.45) is 0 Å². The minimum Gasteiger partial charge on any atom is -0.422 e. The highest BCUT2D eigenvalue weighted by Gasteiger charge is 2.32. The number of nitrogens with zero attached hydrogens (tertiary/aromatic N) is 3. The molecule has 10 heteroatoms. The number of amides is 1. The molecule has 1 aliphatic heterocycles. The second kappa shape index (κ2) is 14.1. The molecule has 1 amide bonds. The molecule has 0 unspecified atom stereocenters. The molecule has 3 aromatic rings. The van der Waals surface area contributed by atoms with Gasteiger partial charge in [-0.2, -0.15) is 8.42 Å². The van der Waals surface area contributed by atoms with E-state index in [0.29, 0.717) is 43.5 Å². The summed E-state index contributed by atoms with van der Waals surface area (Å²) in [6.45, 7) is 13.5. The summed E-state index contributed by atoms with van der Waals surface area (Å²) in [6, 6.07) is 9.61. The highest BCUT2D eigenvalue weighted by molar-refractivity contribution is 7.85. The first-order valence-electron chi connectivity index (χ1n) is 15.6. The van der Waals surface area contributed by atoms with E-state index in [2.05, 4.69) is 51.7 Å². The maximum absolute atomic E-state index is 13.2. The first-order valence-corrected chi connectivity index (χ1v) is 17.3. The molecule has 0 fully saturated rings. The van der Waals surface area contributed by atoms with Crippen LogP contribution in [0.5, 0.6) is 0 Å². The van der Waals surface area contributed by atoms with Crippen LogP contribution in [-0.2, 0) is 21.5 Å². The van der Waals surface area contributed by atoms with Crippen molar-refractivity contribution in [2.45, 2.75) is 85.2 Å². The van der Waals surface area contributed by atoms with Gasteiger partial charge in [0.1, 0.15) is 12.1 Å². The zero-order chi connectivity index (χ0) is 32.1. The van der Waals surface area contributed by atoms with Crippen LogP contribution in [0.15, 0.2) is 58.0 Å². The maximum Gasteiger partial charge on any atom is 0.344 e. The molecule has 0 aliphatic carbocycles. The van der Waals surface area contributed by atoms with Gasteiger partial charge >= 0.3 is 5.63 Å². The van der Waals surface area contributed by atoms with Crippen LogP contribution in [0.2, 0.25) is 0 Å². The molecule has 0 saturated heterocycles. The zero-order valence-corrected chi connectivity index (χ0v) is 27.5. The molecule has 1 N–H and O–H groups in total. The van der Waals surface area contributed by atoms with E-state index in [1.807, 2.05) is 46.1 Å². The number of aromatic nitrogens is 1. The van der Waals surface area contributed by atoms with Gasteiger partial charge in [0.05, 0.1) is 16.9 Å². The fraction of sp³-hybridized carbons (Fsp3) is 0.500. The third-order valence-corrected chi connectivity index (χ3v) is 9.02. The Hall–Kier alpha value is -3.50. The molecular weight excluding hydrogens is 578 g/mol. The number of carbonyl (C=O) groups excluding carboxylic acids is 1. The predicted molar refractivity (Wildman–Crippen MR) is 175 cm³/mol. The number of hydrogen-bond donors (Lipinski definition) is 1. The first-order chi connectivity index (χ1) is 20.8. The van der Waals surface area contributed by atoms with Crippen molar-refractivity contribution in [1.82, 2.24) is 4.90 Å². The van der Waals surface area contributed by atoms with Crippen LogP contribution in [0.3, 0.4) is 0 Å². The summed E-state index contributed by atoms with van der Waals surface area (Å²) in [5.74, 6) is -0.0513. The largest absolute Gasteiger partial charge is 0.422 e. The van der Waals surface area contributed by atoms with E-state index < -0.39 is 15.7 Å². The van der Waals surface area contributed by atoms with Gasteiger partial charge in [-0.1, -0.05) is 19.9 Å². The van der Waals surface area contributed by atoms with E-state index in [-0.39, 0.29) is 17.2 Å². The van der Waals surface area contributed by atoms with Crippen molar-refractivity contribution >= 4 is 38.3 Å². The summed E-state index contributed by atoms with van der Waals surface area (Å²) in [6.07, 6.45) is 10.1. The molecule has 44 heavy (non-hydrogen) atoms. The van der Waals surface area contributed by atoms with Crippen molar-refractivity contribution in [3.05, 3.63) is 64.8 Å². The lowest BCUT2D eigenvalue weighted by molar-refractivity contribution is -0.697. The average Bonchev–Trinajstić information content (AvgIpc) is 2.95. The van der Waals surface area contributed by atoms with Gasteiger partial charge in [0.2, 0.25) is 5.91 Å². The normalized spacial score (nSPS) is 14.4. The average molecular weight is 625 g/mol. The standard InChI is InChI=1S/C34H45N3O6S/c1-6-14-36(15-7-2)32(38)11-10-17-37-30-23-31-27(21-28(30)25(3)24-34(37,4)5)22-29(33(39)43-31)26-12-18-35(19-13-26)16-8-9-20-44(40,41)42/h12-13,18-19,21-24H,6-11,14-17,20H2,1-5H3/p+1. The summed E-state index contributed by atoms with van der Waals surface area (Å²) in [7, 11) is -3.95. The van der Waals surface area contributed by atoms with Crippen molar-refractivity contribution in [2.75, 3.05) is 30.3 Å². The van der Waals surface area contributed by atoms with Gasteiger partial charge in [-0.05, 0) is 64.2 Å². The molecule has 2 aromatic heterocycles. The second-order valence-electron chi connectivity index (χ2n) is 12.3. The molecule has 3 heterocycles. The van der Waals surface area contributed by atoms with E-state index in [1.165, 1.54) is 0 Å². The van der Waals surface area contributed by atoms with E-state index in [0.717, 1.165) is 60.1 Å². The Morgan fingerprint density at radius 2 is 1.68 bits per heavy atom. The van der Waals surface area contributed by atoms with Crippen molar-refractivity contribution in [3.63, 3.8) is 0 Å². The highest BCUT2D eigenvalue weighted by atomic mass is 32.2. The molecule has 4 rings (SSSR count). The van der Waals surface area contributed by atoms with Gasteiger partial charge in [-0.15, -0.1) is 0 Å². The van der Waals surface area contributed by atoms with Crippen molar-refractivity contribution in [3.8, 4) is 11.1 Å². The lowest BCUT2D eigenvalue weighted by atomic mass is 9.87. The number of hydrogen-bond acceptors (Lipinski definition) is 6. The molecule has 0 bridgehead atoms. The number of aryl methyl sites for hydroxylation is 1. The van der Waals surface area contributed by atoms with Gasteiger partial charge < -0.3 is 14.2 Å². The fourth-order valence-electron chi connectivity index (χ4n) is 6.11. The number of pyridine rings is 1. The molecule has 0 saturated carbocycles. The number of carbonyl (C=O) groups is 1. The molecule has 0 spiro atoms. The Balaban J connectivity index is 1.55. The topological polar surface area (TPSA) is 112 Å². The number of benzene rings is 1. The van der Waals surface area contributed by atoms with Crippen LogP contribution < -0.4 is 15.1 Å². The first kappa shape index (κ1) is 33.4. The third-order valence-electron chi connectivity index (χ3n) is 8.21. The summed E-state index contributed by atoms with van der Waals surface area (Å²) in [4.78, 5) is 30.4. The van der Waals surface area contributed by atoms with Crippen LogP contribution in [0, 0.1) is 0 Å². The Morgan fingerprint density at radius 1 is 1.02 bits per heavy atom. The Morgan fingerprint density at radius 3 is 2.32 bits per heavy atom. The van der Waals surface area contributed by atoms with Gasteiger partial charge in [0.25, 0.3) is 10.1 Å². The third kappa shape index (κ3) is 8.15. The van der Waals surface area contributed by atoms with Crippen LogP contribution >= 0.6 is 0 Å². The minimum absolute atomic E-state index is 0.205. The van der Waals surface area contributed by atoms with Gasteiger partial charge in [0.15, 0.2) is 12.4 Å².